The molecule has 1 aliphatic carbocycles. The highest BCUT2D eigenvalue weighted by atomic mass is 16.2. The van der Waals surface area contributed by atoms with E-state index in [4.69, 9.17) is 0 Å². The van der Waals surface area contributed by atoms with E-state index >= 15 is 0 Å². The summed E-state index contributed by atoms with van der Waals surface area (Å²) in [5.41, 5.74) is 6.39. The first-order valence-corrected chi connectivity index (χ1v) is 14.9. The van der Waals surface area contributed by atoms with Gasteiger partial charge in [-0.15, -0.1) is 0 Å². The molecule has 1 aliphatic rings. The molecule has 2 unspecified atom stereocenters. The van der Waals surface area contributed by atoms with E-state index in [9.17, 15) is 9.59 Å². The lowest BCUT2D eigenvalue weighted by Crippen LogP contribution is -2.46. The highest BCUT2D eigenvalue weighted by molar-refractivity contribution is 5.97. The Balaban J connectivity index is 1.15. The van der Waals surface area contributed by atoms with Crippen LogP contribution in [0.4, 0.5) is 0 Å². The minimum absolute atomic E-state index is 0.132. The van der Waals surface area contributed by atoms with Gasteiger partial charge in [-0.1, -0.05) is 122 Å². The Hall–Kier alpha value is -4.18. The smallest absolute Gasteiger partial charge is 0.251 e. The van der Waals surface area contributed by atoms with Crippen LogP contribution in [0, 0.1) is 12.8 Å². The average molecular weight is 545 g/mol. The lowest BCUT2D eigenvalue weighted by Gasteiger charge is -2.19. The maximum absolute atomic E-state index is 13.3. The first-order valence-electron chi connectivity index (χ1n) is 14.9. The topological polar surface area (TPSA) is 58.2 Å². The van der Waals surface area contributed by atoms with Crippen molar-refractivity contribution in [2.24, 2.45) is 5.92 Å². The summed E-state index contributed by atoms with van der Waals surface area (Å²) >= 11 is 0. The molecule has 0 spiro atoms. The zero-order valence-corrected chi connectivity index (χ0v) is 23.9. The van der Waals surface area contributed by atoms with Gasteiger partial charge in [0.25, 0.3) is 5.91 Å². The molecule has 0 heterocycles. The minimum atomic E-state index is -0.570. The maximum atomic E-state index is 13.3. The fraction of sp³-hybridized carbons (Fsp3) is 0.297. The molecule has 210 valence electrons. The maximum Gasteiger partial charge on any atom is 0.251 e. The van der Waals surface area contributed by atoms with Crippen LogP contribution in [0.5, 0.6) is 0 Å². The van der Waals surface area contributed by atoms with Crippen molar-refractivity contribution in [1.29, 1.82) is 0 Å². The number of aryl methyl sites for hydroxylation is 1. The van der Waals surface area contributed by atoms with Crippen LogP contribution >= 0.6 is 0 Å². The van der Waals surface area contributed by atoms with Gasteiger partial charge in [-0.05, 0) is 72.4 Å². The Kier molecular flexibility index (Phi) is 9.64. The van der Waals surface area contributed by atoms with E-state index in [1.54, 1.807) is 0 Å². The fourth-order valence-corrected chi connectivity index (χ4v) is 5.70. The van der Waals surface area contributed by atoms with Crippen LogP contribution in [0.1, 0.15) is 71.5 Å². The number of carbonyl (C=O) groups is 2. The van der Waals surface area contributed by atoms with Gasteiger partial charge in [0.05, 0.1) is 0 Å². The summed E-state index contributed by atoms with van der Waals surface area (Å²) in [6.07, 6.45) is 6.25. The van der Waals surface area contributed by atoms with Gasteiger partial charge in [-0.25, -0.2) is 0 Å². The van der Waals surface area contributed by atoms with Crippen molar-refractivity contribution in [1.82, 2.24) is 10.6 Å². The van der Waals surface area contributed by atoms with Crippen molar-refractivity contribution in [3.8, 4) is 11.1 Å². The van der Waals surface area contributed by atoms with Gasteiger partial charge in [0, 0.05) is 12.1 Å². The van der Waals surface area contributed by atoms with Crippen LogP contribution in [-0.2, 0) is 11.3 Å². The summed E-state index contributed by atoms with van der Waals surface area (Å²) in [5.74, 6) is 1.14. The van der Waals surface area contributed by atoms with Crippen LogP contribution < -0.4 is 10.6 Å². The molecule has 0 saturated heterocycles. The number of carbonyl (C=O) groups excluding carboxylic acids is 2. The van der Waals surface area contributed by atoms with Crippen molar-refractivity contribution >= 4 is 11.8 Å². The van der Waals surface area contributed by atoms with Crippen molar-refractivity contribution in [2.75, 3.05) is 0 Å². The van der Waals surface area contributed by atoms with Crippen molar-refractivity contribution in [2.45, 2.75) is 64.0 Å². The normalized spacial score (nSPS) is 16.5. The molecule has 1 fully saturated rings. The standard InChI is InChI=1S/C37H40N2O2/c1-27-12-11-13-28(24-27)26-38-37(41)35(19-10-4-9-18-33-25-34(33)31-16-7-3-8-17-31)39-36(40)32-22-20-30(21-23-32)29-14-5-2-6-15-29/h2-3,5-8,11-17,20-24,33-35H,4,9-10,18-19,25-26H2,1H3,(H,38,41)(H,39,40)/t33?,34?,35-/m0/s1. The van der Waals surface area contributed by atoms with E-state index in [2.05, 4.69) is 59.2 Å². The van der Waals surface area contributed by atoms with E-state index < -0.39 is 6.04 Å². The zero-order valence-electron chi connectivity index (χ0n) is 23.9. The Labute approximate surface area is 244 Å². The molecule has 1 saturated carbocycles. The second-order valence-electron chi connectivity index (χ2n) is 11.3. The summed E-state index contributed by atoms with van der Waals surface area (Å²) in [5, 5.41) is 6.08. The van der Waals surface area contributed by atoms with Crippen LogP contribution in [0.25, 0.3) is 11.1 Å². The molecule has 41 heavy (non-hydrogen) atoms. The summed E-state index contributed by atoms with van der Waals surface area (Å²) in [6, 6.07) is 36.0. The van der Waals surface area contributed by atoms with E-state index in [0.717, 1.165) is 47.4 Å². The third-order valence-corrected chi connectivity index (χ3v) is 8.14. The molecule has 4 nitrogen and oxygen atoms in total. The average Bonchev–Trinajstić information content (AvgIpc) is 3.80. The summed E-state index contributed by atoms with van der Waals surface area (Å²) in [6.45, 7) is 2.49. The van der Waals surface area contributed by atoms with E-state index in [0.29, 0.717) is 24.4 Å². The molecule has 0 aromatic heterocycles. The van der Waals surface area contributed by atoms with Gasteiger partial charge >= 0.3 is 0 Å². The molecule has 2 amide bonds. The van der Waals surface area contributed by atoms with Gasteiger partial charge in [-0.3, -0.25) is 9.59 Å². The number of rotatable bonds is 13. The summed E-state index contributed by atoms with van der Waals surface area (Å²) in [7, 11) is 0. The number of unbranched alkanes of at least 4 members (excludes halogenated alkanes) is 2. The predicted octanol–water partition coefficient (Wildman–Crippen LogP) is 7.83. The van der Waals surface area contributed by atoms with Gasteiger partial charge in [0.1, 0.15) is 6.04 Å². The SMILES string of the molecule is Cc1cccc(CNC(=O)[C@H](CCCCCC2CC2c2ccccc2)NC(=O)c2ccc(-c3ccccc3)cc2)c1. The quantitative estimate of drug-likeness (QED) is 0.169. The van der Waals surface area contributed by atoms with Crippen LogP contribution in [0.2, 0.25) is 0 Å². The van der Waals surface area contributed by atoms with Crippen LogP contribution in [0.3, 0.4) is 0 Å². The molecule has 5 rings (SSSR count). The molecule has 2 N–H and O–H groups in total. The molecule has 4 aromatic rings. The third-order valence-electron chi connectivity index (χ3n) is 8.14. The monoisotopic (exact) mass is 544 g/mol. The first kappa shape index (κ1) is 28.4. The summed E-state index contributed by atoms with van der Waals surface area (Å²) < 4.78 is 0. The molecule has 4 heteroatoms. The lowest BCUT2D eigenvalue weighted by atomic mass is 10.0. The summed E-state index contributed by atoms with van der Waals surface area (Å²) in [4.78, 5) is 26.5. The van der Waals surface area contributed by atoms with Gasteiger partial charge in [0.2, 0.25) is 5.91 Å². The van der Waals surface area contributed by atoms with E-state index in [-0.39, 0.29) is 11.8 Å². The Morgan fingerprint density at radius 2 is 1.49 bits per heavy atom. The molecule has 0 aliphatic heterocycles. The molecule has 3 atom stereocenters. The second kappa shape index (κ2) is 13.9. The van der Waals surface area contributed by atoms with Crippen LogP contribution in [-0.4, -0.2) is 17.9 Å². The molecular weight excluding hydrogens is 504 g/mol. The fourth-order valence-electron chi connectivity index (χ4n) is 5.70. The van der Waals surface area contributed by atoms with Crippen LogP contribution in [0.15, 0.2) is 109 Å². The zero-order chi connectivity index (χ0) is 28.4. The minimum Gasteiger partial charge on any atom is -0.350 e. The number of benzene rings is 4. The molecule has 0 radical (unpaired) electrons. The Morgan fingerprint density at radius 3 is 2.22 bits per heavy atom. The number of hydrogen-bond donors (Lipinski definition) is 2. The van der Waals surface area contributed by atoms with Crippen molar-refractivity contribution < 1.29 is 9.59 Å². The number of hydrogen-bond acceptors (Lipinski definition) is 2. The number of nitrogens with one attached hydrogen (secondary N) is 2. The first-order chi connectivity index (χ1) is 20.1. The van der Waals surface area contributed by atoms with Gasteiger partial charge in [-0.2, -0.15) is 0 Å². The highest BCUT2D eigenvalue weighted by Gasteiger charge is 2.37. The van der Waals surface area contributed by atoms with Crippen molar-refractivity contribution in [3.05, 3.63) is 131 Å². The van der Waals surface area contributed by atoms with Gasteiger partial charge < -0.3 is 10.6 Å². The lowest BCUT2D eigenvalue weighted by molar-refractivity contribution is -0.123. The second-order valence-corrected chi connectivity index (χ2v) is 11.3. The van der Waals surface area contributed by atoms with Gasteiger partial charge in [0.15, 0.2) is 0 Å². The third kappa shape index (κ3) is 8.17. The van der Waals surface area contributed by atoms with E-state index in [1.807, 2.05) is 67.6 Å². The Bertz CT molecular complexity index is 1420. The Morgan fingerprint density at radius 1 is 0.780 bits per heavy atom. The highest BCUT2D eigenvalue weighted by Crippen LogP contribution is 2.50. The van der Waals surface area contributed by atoms with Crippen molar-refractivity contribution in [3.63, 3.8) is 0 Å². The largest absolute Gasteiger partial charge is 0.350 e. The molecule has 4 aromatic carbocycles. The molecular formula is C37H40N2O2. The number of amides is 2. The van der Waals surface area contributed by atoms with E-state index in [1.165, 1.54) is 18.4 Å². The predicted molar refractivity (Wildman–Crippen MR) is 167 cm³/mol. The molecule has 0 bridgehead atoms.